The van der Waals surface area contributed by atoms with Crippen molar-refractivity contribution in [3.63, 3.8) is 0 Å². The maximum atomic E-state index is 14.5. The normalized spacial score (nSPS) is 28.6. The van der Waals surface area contributed by atoms with E-state index in [0.29, 0.717) is 18.7 Å². The first-order valence-corrected chi connectivity index (χ1v) is 15.9. The Hall–Kier alpha value is -3.04. The van der Waals surface area contributed by atoms with E-state index >= 15 is 0 Å². The highest BCUT2D eigenvalue weighted by Gasteiger charge is 2.76. The third-order valence-electron chi connectivity index (χ3n) is 9.24. The lowest BCUT2D eigenvalue weighted by atomic mass is 9.65. The fourth-order valence-corrected chi connectivity index (χ4v) is 9.91. The van der Waals surface area contributed by atoms with E-state index in [-0.39, 0.29) is 41.4 Å². The lowest BCUT2D eigenvalue weighted by Crippen LogP contribution is -2.57. The molecule has 3 fully saturated rings. The van der Waals surface area contributed by atoms with Gasteiger partial charge < -0.3 is 25.4 Å². The number of aryl methyl sites for hydroxylation is 2. The number of rotatable bonds is 10. The van der Waals surface area contributed by atoms with E-state index < -0.39 is 28.7 Å². The smallest absolute Gasteiger partial charge is 0.248 e. The van der Waals surface area contributed by atoms with Crippen LogP contribution in [0, 0.1) is 37.5 Å². The van der Waals surface area contributed by atoms with Gasteiger partial charge in [0.2, 0.25) is 17.7 Å². The highest BCUT2D eigenvalue weighted by atomic mass is 32.2. The summed E-state index contributed by atoms with van der Waals surface area (Å²) in [4.78, 5) is 44.5. The minimum atomic E-state index is -0.807. The van der Waals surface area contributed by atoms with Crippen molar-refractivity contribution in [1.82, 2.24) is 4.90 Å². The minimum absolute atomic E-state index is 0.0353. The topological polar surface area (TPSA) is 108 Å². The molecule has 9 heteroatoms. The number of hydrogen-bond donors (Lipinski definition) is 3. The molecule has 1 spiro atoms. The Morgan fingerprint density at radius 2 is 1.76 bits per heavy atom. The summed E-state index contributed by atoms with van der Waals surface area (Å²) >= 11 is 1.64. The first-order chi connectivity index (χ1) is 20.0. The van der Waals surface area contributed by atoms with Crippen LogP contribution in [-0.2, 0) is 14.4 Å². The van der Waals surface area contributed by atoms with Gasteiger partial charge in [0, 0.05) is 16.6 Å². The third kappa shape index (κ3) is 5.08. The number of benzene rings is 2. The van der Waals surface area contributed by atoms with Gasteiger partial charge in [-0.2, -0.15) is 0 Å². The second kappa shape index (κ2) is 11.9. The molecule has 42 heavy (non-hydrogen) atoms. The van der Waals surface area contributed by atoms with E-state index in [1.54, 1.807) is 28.8 Å². The Bertz CT molecular complexity index is 1330. The summed E-state index contributed by atoms with van der Waals surface area (Å²) in [6.45, 7) is 12.3. The number of likely N-dealkylation sites (tertiary alicyclic amines) is 1. The molecule has 0 aliphatic carbocycles. The van der Waals surface area contributed by atoms with Gasteiger partial charge in [-0.05, 0) is 80.8 Å². The molecule has 0 radical (unpaired) electrons. The standard InChI is InChI=1S/C33H43N3O5S/c1-7-41-24-13-11-22(12-14-24)34-30(38)26-25-16-21(6)33(42-25)27(26)32(40)36(23(17-37)15-18(2)3)29(33)31(39)35-28-19(4)9-8-10-20(28)5/h8-14,18,21,23,25-27,29,37H,7,15-17H2,1-6H3,(H,34,38)(H,35,39)/t21?,23-,25+,26-,27+,29?,33?/m1/s1. The number of fused-ring (bicyclic) bond motifs is 1. The first kappa shape index (κ1) is 30.4. The minimum Gasteiger partial charge on any atom is -0.494 e. The molecule has 3 aliphatic heterocycles. The zero-order chi connectivity index (χ0) is 30.3. The summed E-state index contributed by atoms with van der Waals surface area (Å²) in [6.07, 6.45) is 1.30. The number of aliphatic hydroxyl groups excluding tert-OH is 1. The molecule has 0 saturated carbocycles. The lowest BCUT2D eigenvalue weighted by Gasteiger charge is -2.40. The van der Waals surface area contributed by atoms with Crippen LogP contribution in [0.5, 0.6) is 5.75 Å². The third-order valence-corrected chi connectivity index (χ3v) is 11.3. The van der Waals surface area contributed by atoms with Crippen LogP contribution in [0.4, 0.5) is 11.4 Å². The van der Waals surface area contributed by atoms with Crippen LogP contribution >= 0.6 is 11.8 Å². The Balaban J connectivity index is 1.52. The Morgan fingerprint density at radius 3 is 2.36 bits per heavy atom. The molecule has 2 aromatic carbocycles. The molecule has 8 nitrogen and oxygen atoms in total. The number of anilines is 2. The number of nitrogens with one attached hydrogen (secondary N) is 2. The fourth-order valence-electron chi connectivity index (χ4n) is 7.50. The first-order valence-electron chi connectivity index (χ1n) is 15.0. The molecular weight excluding hydrogens is 550 g/mol. The number of thioether (sulfide) groups is 1. The molecule has 2 aromatic rings. The van der Waals surface area contributed by atoms with Gasteiger partial charge in [-0.15, -0.1) is 11.8 Å². The van der Waals surface area contributed by atoms with Gasteiger partial charge in [-0.25, -0.2) is 0 Å². The highest BCUT2D eigenvalue weighted by molar-refractivity contribution is 8.02. The number of amides is 3. The van der Waals surface area contributed by atoms with E-state index in [1.807, 2.05) is 65.0 Å². The van der Waals surface area contributed by atoms with Gasteiger partial charge in [0.25, 0.3) is 0 Å². The number of aliphatic hydroxyl groups is 1. The average molecular weight is 594 g/mol. The zero-order valence-electron chi connectivity index (χ0n) is 25.3. The molecular formula is C33H43N3O5S. The maximum Gasteiger partial charge on any atom is 0.248 e. The molecule has 3 unspecified atom stereocenters. The van der Waals surface area contributed by atoms with Crippen LogP contribution in [0.1, 0.15) is 51.7 Å². The van der Waals surface area contributed by atoms with Crippen molar-refractivity contribution >= 4 is 40.9 Å². The van der Waals surface area contributed by atoms with Gasteiger partial charge in [0.05, 0.1) is 35.8 Å². The van der Waals surface area contributed by atoms with Gasteiger partial charge in [-0.1, -0.05) is 39.0 Å². The molecule has 3 aliphatic rings. The quantitative estimate of drug-likeness (QED) is 0.357. The molecule has 7 atom stereocenters. The summed E-state index contributed by atoms with van der Waals surface area (Å²) in [6, 6.07) is 11.8. The summed E-state index contributed by atoms with van der Waals surface area (Å²) < 4.78 is 4.76. The molecule has 226 valence electrons. The Kier molecular flexibility index (Phi) is 8.63. The molecule has 5 rings (SSSR count). The van der Waals surface area contributed by atoms with Crippen LogP contribution < -0.4 is 15.4 Å². The zero-order valence-corrected chi connectivity index (χ0v) is 26.2. The van der Waals surface area contributed by atoms with Crippen molar-refractivity contribution in [3.05, 3.63) is 53.6 Å². The van der Waals surface area contributed by atoms with E-state index in [2.05, 4.69) is 17.6 Å². The molecule has 3 heterocycles. The summed E-state index contributed by atoms with van der Waals surface area (Å²) in [5, 5.41) is 16.7. The van der Waals surface area contributed by atoms with Crippen molar-refractivity contribution in [2.45, 2.75) is 76.5 Å². The van der Waals surface area contributed by atoms with Gasteiger partial charge in [0.15, 0.2) is 0 Å². The van der Waals surface area contributed by atoms with E-state index in [0.717, 1.165) is 29.0 Å². The van der Waals surface area contributed by atoms with Crippen LogP contribution in [0.25, 0.3) is 0 Å². The van der Waals surface area contributed by atoms with Crippen molar-refractivity contribution in [3.8, 4) is 5.75 Å². The van der Waals surface area contributed by atoms with Crippen molar-refractivity contribution < 1.29 is 24.2 Å². The molecule has 3 amide bonds. The highest BCUT2D eigenvalue weighted by Crippen LogP contribution is 2.69. The van der Waals surface area contributed by atoms with E-state index in [4.69, 9.17) is 4.74 Å². The van der Waals surface area contributed by atoms with Crippen LogP contribution in [0.2, 0.25) is 0 Å². The molecule has 3 N–H and O–H groups in total. The summed E-state index contributed by atoms with van der Waals surface area (Å²) in [5.74, 6) is -0.938. The number of carbonyl (C=O) groups is 3. The predicted molar refractivity (Wildman–Crippen MR) is 167 cm³/mol. The van der Waals surface area contributed by atoms with Crippen molar-refractivity contribution in [2.24, 2.45) is 23.7 Å². The number of hydrogen-bond acceptors (Lipinski definition) is 6. The molecule has 3 saturated heterocycles. The van der Waals surface area contributed by atoms with Crippen molar-refractivity contribution in [2.75, 3.05) is 23.8 Å². The average Bonchev–Trinajstić information content (AvgIpc) is 3.54. The van der Waals surface area contributed by atoms with Crippen molar-refractivity contribution in [1.29, 1.82) is 0 Å². The second-order valence-electron chi connectivity index (χ2n) is 12.5. The number of para-hydroxylation sites is 1. The van der Waals surface area contributed by atoms with Gasteiger partial charge in [-0.3, -0.25) is 14.4 Å². The Labute approximate surface area is 253 Å². The number of ether oxygens (including phenoxy) is 1. The molecule has 2 bridgehead atoms. The van der Waals surface area contributed by atoms with Crippen LogP contribution in [-0.4, -0.2) is 63.0 Å². The SMILES string of the molecule is CCOc1ccc(NC(=O)[C@@H]2[C@@H]3CC(C)C4(S3)C(C(=O)Nc3c(C)cccc3C)N([C@@H](CO)CC(C)C)C(=O)[C@H]24)cc1. The van der Waals surface area contributed by atoms with Gasteiger partial charge in [0.1, 0.15) is 11.8 Å². The largest absolute Gasteiger partial charge is 0.494 e. The van der Waals surface area contributed by atoms with Crippen LogP contribution in [0.15, 0.2) is 42.5 Å². The summed E-state index contributed by atoms with van der Waals surface area (Å²) in [7, 11) is 0. The lowest BCUT2D eigenvalue weighted by molar-refractivity contribution is -0.141. The Morgan fingerprint density at radius 1 is 1.10 bits per heavy atom. The summed E-state index contributed by atoms with van der Waals surface area (Å²) in [5.41, 5.74) is 3.27. The maximum absolute atomic E-state index is 14.5. The predicted octanol–water partition coefficient (Wildman–Crippen LogP) is 5.02. The van der Waals surface area contributed by atoms with Gasteiger partial charge >= 0.3 is 0 Å². The fraction of sp³-hybridized carbons (Fsp3) is 0.545. The molecule has 0 aromatic heterocycles. The van der Waals surface area contributed by atoms with Crippen LogP contribution in [0.3, 0.4) is 0 Å². The second-order valence-corrected chi connectivity index (χ2v) is 14.0. The van der Waals surface area contributed by atoms with E-state index in [9.17, 15) is 19.5 Å². The number of nitrogens with zero attached hydrogens (tertiary/aromatic N) is 1. The van der Waals surface area contributed by atoms with E-state index in [1.165, 1.54) is 0 Å². The monoisotopic (exact) mass is 593 g/mol. The number of carbonyl (C=O) groups excluding carboxylic acids is 3.